The summed E-state index contributed by atoms with van der Waals surface area (Å²) in [5.41, 5.74) is 2.09. The average Bonchev–Trinajstić information content (AvgIpc) is 2.84. The van der Waals surface area contributed by atoms with E-state index in [9.17, 15) is 0 Å². The van der Waals surface area contributed by atoms with Crippen LogP contribution in [0, 0.1) is 11.3 Å². The van der Waals surface area contributed by atoms with Crippen molar-refractivity contribution < 1.29 is 0 Å². The second-order valence-electron chi connectivity index (χ2n) is 6.41. The highest BCUT2D eigenvalue weighted by Gasteiger charge is 2.46. The Morgan fingerprint density at radius 3 is 2.89 bits per heavy atom. The fourth-order valence-electron chi connectivity index (χ4n) is 4.33. The van der Waals surface area contributed by atoms with Crippen LogP contribution in [0.25, 0.3) is 0 Å². The highest BCUT2D eigenvalue weighted by Crippen LogP contribution is 2.55. The topological polar surface area (TPSA) is 12.0 Å². The van der Waals surface area contributed by atoms with Crippen LogP contribution < -0.4 is 5.32 Å². The smallest absolute Gasteiger partial charge is 0.0210 e. The highest BCUT2D eigenvalue weighted by atomic mass is 79.9. The fraction of sp³-hybridized carbons (Fsp3) is 0.647. The van der Waals surface area contributed by atoms with Crippen LogP contribution in [0.1, 0.15) is 50.5 Å². The molecule has 1 aliphatic heterocycles. The van der Waals surface area contributed by atoms with E-state index in [4.69, 9.17) is 0 Å². The van der Waals surface area contributed by atoms with E-state index < -0.39 is 0 Å². The lowest BCUT2D eigenvalue weighted by molar-refractivity contribution is 0.162. The molecule has 2 heteroatoms. The van der Waals surface area contributed by atoms with Crippen LogP contribution in [-0.2, 0) is 0 Å². The minimum Gasteiger partial charge on any atom is -0.316 e. The molecule has 1 aliphatic carbocycles. The molecule has 3 atom stereocenters. The van der Waals surface area contributed by atoms with Crippen molar-refractivity contribution in [2.45, 2.75) is 44.9 Å². The standard InChI is InChI=1S/C17H24BrN/c1-2-13-7-8-17(11-13)9-10-19-12-15(17)14-5-3-4-6-16(14)18/h3-6,13,15,19H,2,7-12H2,1H3. The van der Waals surface area contributed by atoms with Crippen molar-refractivity contribution in [3.63, 3.8) is 0 Å². The summed E-state index contributed by atoms with van der Waals surface area (Å²) in [4.78, 5) is 0. The lowest BCUT2D eigenvalue weighted by Crippen LogP contribution is -2.42. The highest BCUT2D eigenvalue weighted by molar-refractivity contribution is 9.10. The molecule has 0 radical (unpaired) electrons. The molecule has 2 aliphatic rings. The van der Waals surface area contributed by atoms with Crippen molar-refractivity contribution >= 4 is 15.9 Å². The number of benzene rings is 1. The second-order valence-corrected chi connectivity index (χ2v) is 7.26. The number of nitrogens with one attached hydrogen (secondary N) is 1. The van der Waals surface area contributed by atoms with Gasteiger partial charge in [0, 0.05) is 16.9 Å². The Hall–Kier alpha value is -0.340. The number of rotatable bonds is 2. The molecule has 3 unspecified atom stereocenters. The van der Waals surface area contributed by atoms with Crippen molar-refractivity contribution in [1.82, 2.24) is 5.32 Å². The Morgan fingerprint density at radius 2 is 2.16 bits per heavy atom. The van der Waals surface area contributed by atoms with Crippen molar-refractivity contribution in [3.8, 4) is 0 Å². The summed E-state index contributed by atoms with van der Waals surface area (Å²) in [5, 5.41) is 3.62. The zero-order chi connectivity index (χ0) is 13.3. The minimum absolute atomic E-state index is 0.565. The number of hydrogen-bond donors (Lipinski definition) is 1. The molecular formula is C17H24BrN. The SMILES string of the molecule is CCC1CCC2(CCNCC2c2ccccc2Br)C1. The maximum absolute atomic E-state index is 3.77. The maximum Gasteiger partial charge on any atom is 0.0210 e. The Morgan fingerprint density at radius 1 is 1.32 bits per heavy atom. The molecule has 1 aromatic carbocycles. The summed E-state index contributed by atoms with van der Waals surface area (Å²) >= 11 is 3.77. The van der Waals surface area contributed by atoms with Crippen molar-refractivity contribution in [2.75, 3.05) is 13.1 Å². The summed E-state index contributed by atoms with van der Waals surface area (Å²) in [7, 11) is 0. The third kappa shape index (κ3) is 2.50. The lowest BCUT2D eigenvalue weighted by atomic mass is 9.66. The van der Waals surface area contributed by atoms with Gasteiger partial charge in [-0.25, -0.2) is 0 Å². The number of hydrogen-bond acceptors (Lipinski definition) is 1. The molecule has 1 aromatic rings. The van der Waals surface area contributed by atoms with E-state index in [1.54, 1.807) is 0 Å². The van der Waals surface area contributed by atoms with Crippen LogP contribution in [0.15, 0.2) is 28.7 Å². The van der Waals surface area contributed by atoms with E-state index in [2.05, 4.69) is 52.4 Å². The van der Waals surface area contributed by atoms with Gasteiger partial charge in [-0.15, -0.1) is 0 Å². The second kappa shape index (κ2) is 5.57. The van der Waals surface area contributed by atoms with Gasteiger partial charge in [0.2, 0.25) is 0 Å². The molecule has 1 saturated heterocycles. The molecule has 1 saturated carbocycles. The molecule has 3 rings (SSSR count). The summed E-state index contributed by atoms with van der Waals surface area (Å²) in [6.07, 6.45) is 7.03. The van der Waals surface area contributed by atoms with E-state index >= 15 is 0 Å². The van der Waals surface area contributed by atoms with Gasteiger partial charge in [0.1, 0.15) is 0 Å². The maximum atomic E-state index is 3.77. The van der Waals surface area contributed by atoms with E-state index in [0.717, 1.165) is 12.5 Å². The molecule has 19 heavy (non-hydrogen) atoms. The first kappa shape index (κ1) is 13.6. The molecule has 2 fully saturated rings. The Labute approximate surface area is 125 Å². The predicted molar refractivity (Wildman–Crippen MR) is 84.4 cm³/mol. The first-order chi connectivity index (χ1) is 9.25. The fourth-order valence-corrected chi connectivity index (χ4v) is 4.90. The van der Waals surface area contributed by atoms with Gasteiger partial charge in [-0.2, -0.15) is 0 Å². The first-order valence-corrected chi connectivity index (χ1v) is 8.49. The molecule has 104 valence electrons. The van der Waals surface area contributed by atoms with Gasteiger partial charge in [-0.05, 0) is 55.2 Å². The van der Waals surface area contributed by atoms with Gasteiger partial charge in [0.25, 0.3) is 0 Å². The van der Waals surface area contributed by atoms with E-state index in [-0.39, 0.29) is 0 Å². The van der Waals surface area contributed by atoms with Gasteiger partial charge in [0.15, 0.2) is 0 Å². The third-order valence-corrected chi connectivity index (χ3v) is 6.21. The Kier molecular flexibility index (Phi) is 4.00. The Bertz CT molecular complexity index is 445. The van der Waals surface area contributed by atoms with Crippen LogP contribution in [0.3, 0.4) is 0 Å². The van der Waals surface area contributed by atoms with Crippen LogP contribution >= 0.6 is 15.9 Å². The largest absolute Gasteiger partial charge is 0.316 e. The molecule has 1 spiro atoms. The van der Waals surface area contributed by atoms with Crippen molar-refractivity contribution in [2.24, 2.45) is 11.3 Å². The normalized spacial score (nSPS) is 34.8. The lowest BCUT2D eigenvalue weighted by Gasteiger charge is -2.43. The monoisotopic (exact) mass is 321 g/mol. The predicted octanol–water partition coefficient (Wildman–Crippen LogP) is 4.72. The summed E-state index contributed by atoms with van der Waals surface area (Å²) in [6.45, 7) is 4.72. The van der Waals surface area contributed by atoms with Gasteiger partial charge < -0.3 is 5.32 Å². The van der Waals surface area contributed by atoms with Crippen LogP contribution in [0.4, 0.5) is 0 Å². The van der Waals surface area contributed by atoms with E-state index in [1.807, 2.05) is 0 Å². The number of halogens is 1. The number of piperidine rings is 1. The molecule has 1 heterocycles. The van der Waals surface area contributed by atoms with Gasteiger partial charge in [-0.3, -0.25) is 0 Å². The molecule has 0 bridgehead atoms. The summed E-state index contributed by atoms with van der Waals surface area (Å²) in [6, 6.07) is 8.83. The van der Waals surface area contributed by atoms with Gasteiger partial charge in [0.05, 0.1) is 0 Å². The van der Waals surface area contributed by atoms with Gasteiger partial charge >= 0.3 is 0 Å². The molecule has 0 aromatic heterocycles. The quantitative estimate of drug-likeness (QED) is 0.830. The summed E-state index contributed by atoms with van der Waals surface area (Å²) in [5.74, 6) is 1.65. The van der Waals surface area contributed by atoms with E-state index in [1.165, 1.54) is 48.7 Å². The molecular weight excluding hydrogens is 298 g/mol. The van der Waals surface area contributed by atoms with Crippen molar-refractivity contribution in [1.29, 1.82) is 0 Å². The molecule has 0 amide bonds. The zero-order valence-electron chi connectivity index (χ0n) is 11.8. The Balaban J connectivity index is 1.92. The van der Waals surface area contributed by atoms with E-state index in [0.29, 0.717) is 11.3 Å². The summed E-state index contributed by atoms with van der Waals surface area (Å²) < 4.78 is 1.29. The van der Waals surface area contributed by atoms with Gasteiger partial charge in [-0.1, -0.05) is 47.5 Å². The minimum atomic E-state index is 0.565. The average molecular weight is 322 g/mol. The molecule has 1 nitrogen and oxygen atoms in total. The van der Waals surface area contributed by atoms with Crippen LogP contribution in [-0.4, -0.2) is 13.1 Å². The zero-order valence-corrected chi connectivity index (χ0v) is 13.4. The third-order valence-electron chi connectivity index (χ3n) is 5.49. The molecule has 1 N–H and O–H groups in total. The van der Waals surface area contributed by atoms with Crippen LogP contribution in [0.5, 0.6) is 0 Å². The first-order valence-electron chi connectivity index (χ1n) is 7.70. The van der Waals surface area contributed by atoms with Crippen molar-refractivity contribution in [3.05, 3.63) is 34.3 Å². The van der Waals surface area contributed by atoms with Crippen LogP contribution in [0.2, 0.25) is 0 Å².